The van der Waals surface area contributed by atoms with Gasteiger partial charge in [-0.05, 0) is 98.4 Å². The fourth-order valence-corrected chi connectivity index (χ4v) is 3.37. The Hall–Kier alpha value is -3.50. The summed E-state index contributed by atoms with van der Waals surface area (Å²) in [6, 6.07) is 8.53. The molecule has 0 bridgehead atoms. The van der Waals surface area contributed by atoms with Gasteiger partial charge in [-0.15, -0.1) is 6.42 Å². The molecule has 0 aliphatic heterocycles. The van der Waals surface area contributed by atoms with Crippen LogP contribution in [0.5, 0.6) is 0 Å². The van der Waals surface area contributed by atoms with Crippen molar-refractivity contribution >= 4 is 5.69 Å². The molecule has 1 heteroatoms. The third-order valence-electron chi connectivity index (χ3n) is 5.02. The fourth-order valence-electron chi connectivity index (χ4n) is 3.37. The molecule has 166 valence electrons. The Morgan fingerprint density at radius 1 is 1.09 bits per heavy atom. The normalized spacial score (nSPS) is 14.2. The smallest absolute Gasteiger partial charge is 0.0379 e. The first-order chi connectivity index (χ1) is 15.5. The maximum Gasteiger partial charge on any atom is 0.0379 e. The summed E-state index contributed by atoms with van der Waals surface area (Å²) in [6.45, 7) is 14.7. The molecule has 1 aromatic carbocycles. The lowest BCUT2D eigenvalue weighted by Gasteiger charge is -2.16. The second-order valence-corrected chi connectivity index (χ2v) is 7.50. The number of hydrogen-bond donors (Lipinski definition) is 1. The SMILES string of the molecule is C#C\C=C/C=C(C)/C(=C(C)\C=C/C=C\CC)C(/C)=C(/C=C)Cc1ccc(N/C=C/C)cc1. The lowest BCUT2D eigenvalue weighted by atomic mass is 9.89. The number of allylic oxidation sites excluding steroid dienone is 14. The average Bonchev–Trinajstić information content (AvgIpc) is 2.80. The highest BCUT2D eigenvalue weighted by molar-refractivity contribution is 5.56. The summed E-state index contributed by atoms with van der Waals surface area (Å²) in [4.78, 5) is 0. The molecule has 0 aromatic heterocycles. The van der Waals surface area contributed by atoms with Gasteiger partial charge in [-0.1, -0.05) is 80.2 Å². The summed E-state index contributed by atoms with van der Waals surface area (Å²) < 4.78 is 0. The van der Waals surface area contributed by atoms with Crippen molar-refractivity contribution in [3.05, 3.63) is 125 Å². The standard InChI is InChI=1S/C31H37N/c1-8-12-14-16-18-26(6)31(25(5)17-15-13-9-2)27(7)29(11-4)24-28-19-21-30(22-20-28)32-23-10-3/h2,10-23,32H,4,8,24H2,1,3,5-7H3/b14-12-,15-13-,18-16-,23-10+,25-17+,29-27-,31-26+. The average molecular weight is 424 g/mol. The van der Waals surface area contributed by atoms with E-state index in [0.717, 1.165) is 18.5 Å². The Kier molecular flexibility index (Phi) is 12.7. The van der Waals surface area contributed by atoms with Gasteiger partial charge in [0, 0.05) is 5.69 Å². The van der Waals surface area contributed by atoms with Crippen LogP contribution in [0.3, 0.4) is 0 Å². The van der Waals surface area contributed by atoms with E-state index in [1.54, 1.807) is 6.08 Å². The van der Waals surface area contributed by atoms with E-state index in [9.17, 15) is 0 Å². The molecule has 32 heavy (non-hydrogen) atoms. The predicted molar refractivity (Wildman–Crippen MR) is 144 cm³/mol. The number of terminal acetylenes is 1. The molecule has 0 saturated heterocycles. The Labute approximate surface area is 196 Å². The minimum absolute atomic E-state index is 0.822. The van der Waals surface area contributed by atoms with Gasteiger partial charge in [0.1, 0.15) is 0 Å². The van der Waals surface area contributed by atoms with Gasteiger partial charge in [0.2, 0.25) is 0 Å². The molecule has 0 aliphatic rings. The van der Waals surface area contributed by atoms with Crippen LogP contribution in [0.1, 0.15) is 46.6 Å². The molecule has 0 saturated carbocycles. The first-order valence-corrected chi connectivity index (χ1v) is 11.1. The van der Waals surface area contributed by atoms with Crippen LogP contribution in [-0.2, 0) is 6.42 Å². The van der Waals surface area contributed by atoms with Gasteiger partial charge >= 0.3 is 0 Å². The lowest BCUT2D eigenvalue weighted by molar-refractivity contribution is 1.13. The Morgan fingerprint density at radius 2 is 1.81 bits per heavy atom. The number of rotatable bonds is 11. The molecular weight excluding hydrogens is 386 g/mol. The highest BCUT2D eigenvalue weighted by Gasteiger charge is 2.11. The molecule has 0 fully saturated rings. The zero-order chi connectivity index (χ0) is 23.8. The number of anilines is 1. The van der Waals surface area contributed by atoms with E-state index < -0.39 is 0 Å². The quantitative estimate of drug-likeness (QED) is 0.277. The van der Waals surface area contributed by atoms with Crippen LogP contribution >= 0.6 is 0 Å². The molecule has 0 amide bonds. The molecule has 0 spiro atoms. The Bertz CT molecular complexity index is 994. The summed E-state index contributed by atoms with van der Waals surface area (Å²) >= 11 is 0. The van der Waals surface area contributed by atoms with Crippen molar-refractivity contribution in [2.24, 2.45) is 0 Å². The summed E-state index contributed by atoms with van der Waals surface area (Å²) in [6.07, 6.45) is 27.3. The molecular formula is C31H37N. The van der Waals surface area contributed by atoms with E-state index in [1.165, 1.54) is 33.4 Å². The third kappa shape index (κ3) is 9.11. The number of nitrogens with one attached hydrogen (secondary N) is 1. The maximum atomic E-state index is 5.37. The Morgan fingerprint density at radius 3 is 2.41 bits per heavy atom. The van der Waals surface area contributed by atoms with Crippen molar-refractivity contribution in [3.8, 4) is 12.3 Å². The van der Waals surface area contributed by atoms with E-state index in [-0.39, 0.29) is 0 Å². The zero-order valence-electron chi connectivity index (χ0n) is 20.3. The monoisotopic (exact) mass is 423 g/mol. The lowest BCUT2D eigenvalue weighted by Crippen LogP contribution is -1.99. The van der Waals surface area contributed by atoms with Crippen LogP contribution in [-0.4, -0.2) is 0 Å². The number of benzene rings is 1. The minimum atomic E-state index is 0.822. The van der Waals surface area contributed by atoms with Crippen LogP contribution in [0, 0.1) is 12.3 Å². The van der Waals surface area contributed by atoms with Gasteiger partial charge in [0.15, 0.2) is 0 Å². The van der Waals surface area contributed by atoms with Gasteiger partial charge < -0.3 is 5.32 Å². The van der Waals surface area contributed by atoms with E-state index in [1.807, 2.05) is 31.4 Å². The molecule has 1 rings (SSSR count). The van der Waals surface area contributed by atoms with Crippen LogP contribution in [0.25, 0.3) is 0 Å². The predicted octanol–water partition coefficient (Wildman–Crippen LogP) is 8.65. The van der Waals surface area contributed by atoms with E-state index in [4.69, 9.17) is 6.42 Å². The second kappa shape index (κ2) is 15.3. The molecule has 0 aliphatic carbocycles. The van der Waals surface area contributed by atoms with Crippen molar-refractivity contribution in [2.75, 3.05) is 5.32 Å². The maximum absolute atomic E-state index is 5.37. The number of hydrogen-bond acceptors (Lipinski definition) is 1. The molecule has 0 unspecified atom stereocenters. The van der Waals surface area contributed by atoms with Crippen LogP contribution in [0.2, 0.25) is 0 Å². The van der Waals surface area contributed by atoms with E-state index >= 15 is 0 Å². The highest BCUT2D eigenvalue weighted by atomic mass is 14.8. The molecule has 0 heterocycles. The highest BCUT2D eigenvalue weighted by Crippen LogP contribution is 2.28. The summed E-state index contributed by atoms with van der Waals surface area (Å²) in [7, 11) is 0. The van der Waals surface area contributed by atoms with Gasteiger partial charge in [-0.3, -0.25) is 0 Å². The van der Waals surface area contributed by atoms with Crippen molar-refractivity contribution in [1.82, 2.24) is 0 Å². The van der Waals surface area contributed by atoms with Gasteiger partial charge in [-0.25, -0.2) is 0 Å². The van der Waals surface area contributed by atoms with E-state index in [2.05, 4.69) is 100 Å². The van der Waals surface area contributed by atoms with Crippen molar-refractivity contribution in [3.63, 3.8) is 0 Å². The molecule has 1 aromatic rings. The molecule has 0 radical (unpaired) electrons. The first kappa shape index (κ1) is 26.5. The van der Waals surface area contributed by atoms with Gasteiger partial charge in [-0.2, -0.15) is 0 Å². The minimum Gasteiger partial charge on any atom is -0.362 e. The van der Waals surface area contributed by atoms with Crippen molar-refractivity contribution in [1.29, 1.82) is 0 Å². The Balaban J connectivity index is 3.40. The van der Waals surface area contributed by atoms with Crippen molar-refractivity contribution < 1.29 is 0 Å². The van der Waals surface area contributed by atoms with Crippen LogP contribution in [0.4, 0.5) is 5.69 Å². The molecule has 0 atom stereocenters. The molecule has 1 nitrogen and oxygen atoms in total. The fraction of sp³-hybridized carbons (Fsp3) is 0.226. The summed E-state index contributed by atoms with van der Waals surface area (Å²) in [5, 5.41) is 3.25. The van der Waals surface area contributed by atoms with Gasteiger partial charge in [0.25, 0.3) is 0 Å². The van der Waals surface area contributed by atoms with Crippen LogP contribution in [0.15, 0.2) is 120 Å². The van der Waals surface area contributed by atoms with Crippen molar-refractivity contribution in [2.45, 2.75) is 47.5 Å². The zero-order valence-corrected chi connectivity index (χ0v) is 20.3. The second-order valence-electron chi connectivity index (χ2n) is 7.50. The van der Waals surface area contributed by atoms with Gasteiger partial charge in [0.05, 0.1) is 0 Å². The summed E-state index contributed by atoms with van der Waals surface area (Å²) in [5.41, 5.74) is 8.35. The largest absolute Gasteiger partial charge is 0.362 e. The first-order valence-electron chi connectivity index (χ1n) is 11.1. The summed E-state index contributed by atoms with van der Waals surface area (Å²) in [5.74, 6) is 2.55. The molecule has 1 N–H and O–H groups in total. The topological polar surface area (TPSA) is 12.0 Å². The van der Waals surface area contributed by atoms with E-state index in [0.29, 0.717) is 0 Å². The van der Waals surface area contributed by atoms with Crippen LogP contribution < -0.4 is 5.32 Å². The third-order valence-corrected chi connectivity index (χ3v) is 5.02.